The lowest BCUT2D eigenvalue weighted by atomic mass is 9.77. The molecule has 252 valence electrons. The number of rotatable bonds is 10. The molecule has 0 radical (unpaired) electrons. The van der Waals surface area contributed by atoms with E-state index in [1.165, 1.54) is 44.8 Å². The molecule has 49 heavy (non-hydrogen) atoms. The Morgan fingerprint density at radius 2 is 0.796 bits per heavy atom. The van der Waals surface area contributed by atoms with Crippen molar-refractivity contribution in [1.29, 1.82) is 0 Å². The van der Waals surface area contributed by atoms with Gasteiger partial charge in [-0.1, -0.05) is 142 Å². The Bertz CT molecular complexity index is 1870. The minimum Gasteiger partial charge on any atom is -0.299 e. The Kier molecular flexibility index (Phi) is 9.53. The molecule has 0 spiro atoms. The summed E-state index contributed by atoms with van der Waals surface area (Å²) >= 11 is 0. The first kappa shape index (κ1) is 34.2. The van der Waals surface area contributed by atoms with Gasteiger partial charge in [0.25, 0.3) is 0 Å². The minimum atomic E-state index is -0.265. The molecule has 0 fully saturated rings. The lowest BCUT2D eigenvalue weighted by Crippen LogP contribution is -2.19. The van der Waals surface area contributed by atoms with E-state index in [1.807, 2.05) is 12.4 Å². The maximum Gasteiger partial charge on any atom is 0.144 e. The maximum absolute atomic E-state index is 4.94. The smallest absolute Gasteiger partial charge is 0.144 e. The second kappa shape index (κ2) is 13.7. The number of benzene rings is 4. The average molecular weight is 649 g/mol. The summed E-state index contributed by atoms with van der Waals surface area (Å²) in [4.78, 5) is 9.87. The lowest BCUT2D eigenvalue weighted by Gasteiger charge is -2.28. The molecule has 0 bridgehead atoms. The fraction of sp³-hybridized carbons (Fsp3) is 0.333. The molecular formula is C45H52N4. The first-order valence-corrected chi connectivity index (χ1v) is 17.9. The summed E-state index contributed by atoms with van der Waals surface area (Å²) in [7, 11) is 0. The molecule has 2 heterocycles. The van der Waals surface area contributed by atoms with Crippen molar-refractivity contribution in [3.05, 3.63) is 143 Å². The molecule has 6 aromatic rings. The monoisotopic (exact) mass is 648 g/mol. The predicted octanol–water partition coefficient (Wildman–Crippen LogP) is 12.2. The van der Waals surface area contributed by atoms with Crippen molar-refractivity contribution in [1.82, 2.24) is 19.1 Å². The summed E-state index contributed by atoms with van der Waals surface area (Å²) in [5.41, 5.74) is 12.3. The van der Waals surface area contributed by atoms with E-state index in [1.54, 1.807) is 0 Å². The van der Waals surface area contributed by atoms with E-state index in [0.717, 1.165) is 22.8 Å². The molecule has 0 saturated carbocycles. The molecule has 0 aliphatic heterocycles. The van der Waals surface area contributed by atoms with Crippen LogP contribution in [-0.2, 0) is 5.41 Å². The number of imidazole rings is 2. The van der Waals surface area contributed by atoms with Gasteiger partial charge < -0.3 is 0 Å². The van der Waals surface area contributed by atoms with Gasteiger partial charge >= 0.3 is 0 Å². The highest BCUT2D eigenvalue weighted by molar-refractivity contribution is 5.66. The summed E-state index contributed by atoms with van der Waals surface area (Å²) in [5.74, 6) is 3.52. The van der Waals surface area contributed by atoms with E-state index >= 15 is 0 Å². The molecule has 4 aromatic carbocycles. The number of hydrogen-bond acceptors (Lipinski definition) is 2. The van der Waals surface area contributed by atoms with E-state index in [9.17, 15) is 0 Å². The summed E-state index contributed by atoms with van der Waals surface area (Å²) in [6.45, 7) is 22.8. The molecule has 2 aromatic heterocycles. The van der Waals surface area contributed by atoms with Crippen LogP contribution in [0, 0.1) is 0 Å². The van der Waals surface area contributed by atoms with E-state index in [0.29, 0.717) is 23.7 Å². The second-order valence-corrected chi connectivity index (χ2v) is 15.2. The molecule has 0 unspecified atom stereocenters. The summed E-state index contributed by atoms with van der Waals surface area (Å²) in [5, 5.41) is 0. The van der Waals surface area contributed by atoms with Gasteiger partial charge in [-0.2, -0.15) is 0 Å². The fourth-order valence-corrected chi connectivity index (χ4v) is 7.24. The number of nitrogens with zero attached hydrogens (tertiary/aromatic N) is 4. The maximum atomic E-state index is 4.94. The summed E-state index contributed by atoms with van der Waals surface area (Å²) in [6, 6.07) is 31.3. The van der Waals surface area contributed by atoms with Crippen molar-refractivity contribution in [2.75, 3.05) is 0 Å². The molecule has 4 nitrogen and oxygen atoms in total. The van der Waals surface area contributed by atoms with Gasteiger partial charge in [-0.3, -0.25) is 9.13 Å². The third kappa shape index (κ3) is 6.41. The number of aromatic nitrogens is 4. The molecule has 0 saturated heterocycles. The van der Waals surface area contributed by atoms with Crippen molar-refractivity contribution in [3.8, 4) is 34.2 Å². The largest absolute Gasteiger partial charge is 0.299 e. The van der Waals surface area contributed by atoms with Crippen LogP contribution >= 0.6 is 0 Å². The predicted molar refractivity (Wildman–Crippen MR) is 206 cm³/mol. The highest BCUT2D eigenvalue weighted by Crippen LogP contribution is 2.39. The van der Waals surface area contributed by atoms with E-state index in [4.69, 9.17) is 9.97 Å². The highest BCUT2D eigenvalue weighted by Gasteiger charge is 2.26. The van der Waals surface area contributed by atoms with Gasteiger partial charge in [-0.15, -0.1) is 0 Å². The topological polar surface area (TPSA) is 35.6 Å². The van der Waals surface area contributed by atoms with E-state index < -0.39 is 0 Å². The molecule has 4 heteroatoms. The van der Waals surface area contributed by atoms with E-state index in [2.05, 4.69) is 176 Å². The van der Waals surface area contributed by atoms with Crippen molar-refractivity contribution >= 4 is 0 Å². The third-order valence-corrected chi connectivity index (χ3v) is 10.1. The second-order valence-electron chi connectivity index (χ2n) is 15.2. The van der Waals surface area contributed by atoms with Gasteiger partial charge in [0.15, 0.2) is 0 Å². The van der Waals surface area contributed by atoms with Crippen molar-refractivity contribution in [3.63, 3.8) is 0 Å². The third-order valence-electron chi connectivity index (χ3n) is 10.1. The molecule has 6 rings (SSSR count). The van der Waals surface area contributed by atoms with Gasteiger partial charge in [0.1, 0.15) is 11.6 Å². The zero-order chi connectivity index (χ0) is 35.0. The van der Waals surface area contributed by atoms with Crippen molar-refractivity contribution < 1.29 is 0 Å². The molecule has 0 atom stereocenters. The van der Waals surface area contributed by atoms with Crippen LogP contribution in [-0.4, -0.2) is 19.1 Å². The minimum absolute atomic E-state index is 0.265. The fourth-order valence-electron chi connectivity index (χ4n) is 7.24. The summed E-state index contributed by atoms with van der Waals surface area (Å²) < 4.78 is 4.61. The Morgan fingerprint density at radius 1 is 0.469 bits per heavy atom. The van der Waals surface area contributed by atoms with Gasteiger partial charge in [0, 0.05) is 41.3 Å². The zero-order valence-corrected chi connectivity index (χ0v) is 31.0. The van der Waals surface area contributed by atoms with E-state index in [-0.39, 0.29) is 5.41 Å². The summed E-state index contributed by atoms with van der Waals surface area (Å²) in [6.07, 6.45) is 8.10. The molecular weight excluding hydrogens is 597 g/mol. The van der Waals surface area contributed by atoms with Crippen LogP contribution in [0.5, 0.6) is 0 Å². The van der Waals surface area contributed by atoms with Crippen LogP contribution in [0.1, 0.15) is 126 Å². The van der Waals surface area contributed by atoms with Crippen LogP contribution in [0.25, 0.3) is 34.2 Å². The normalized spacial score (nSPS) is 12.2. The standard InChI is InChI=1S/C45H52N4/c1-29(2)37-19-13-20-38(30(3)4)41(37)48-25-23-46-43(48)33-15-11-17-35(27-33)45(9,10)36-18-12-16-34(28-36)44-47-24-26-49(44)42-39(31(5)6)21-14-22-40(42)32(7)8/h11-32H,1-10H3. The lowest BCUT2D eigenvalue weighted by molar-refractivity contribution is 0.641. The molecule has 0 aliphatic rings. The van der Waals surface area contributed by atoms with Crippen LogP contribution in [0.3, 0.4) is 0 Å². The number of para-hydroxylation sites is 2. The first-order chi connectivity index (χ1) is 23.4. The average Bonchev–Trinajstić information content (AvgIpc) is 3.78. The quantitative estimate of drug-likeness (QED) is 0.148. The Balaban J connectivity index is 1.42. The Hall–Kier alpha value is -4.70. The van der Waals surface area contributed by atoms with Crippen LogP contribution < -0.4 is 0 Å². The Labute approximate surface area is 293 Å². The highest BCUT2D eigenvalue weighted by atomic mass is 15.1. The first-order valence-electron chi connectivity index (χ1n) is 17.9. The van der Waals surface area contributed by atoms with Gasteiger partial charge in [-0.25, -0.2) is 9.97 Å². The molecule has 0 N–H and O–H groups in total. The SMILES string of the molecule is CC(C)c1cccc(C(C)C)c1-n1ccnc1-c1cccc(C(C)(C)c2cccc(-c3nccn3-c3c(C(C)C)cccc3C(C)C)c2)c1. The van der Waals surface area contributed by atoms with Crippen LogP contribution in [0.4, 0.5) is 0 Å². The van der Waals surface area contributed by atoms with Crippen molar-refractivity contribution in [2.45, 2.75) is 98.3 Å². The molecule has 0 aliphatic carbocycles. The Morgan fingerprint density at radius 3 is 1.12 bits per heavy atom. The van der Waals surface area contributed by atoms with Crippen LogP contribution in [0.15, 0.2) is 110 Å². The molecule has 0 amide bonds. The van der Waals surface area contributed by atoms with Crippen LogP contribution in [0.2, 0.25) is 0 Å². The van der Waals surface area contributed by atoms with Gasteiger partial charge in [-0.05, 0) is 69.2 Å². The van der Waals surface area contributed by atoms with Gasteiger partial charge in [0.2, 0.25) is 0 Å². The number of hydrogen-bond donors (Lipinski definition) is 0. The van der Waals surface area contributed by atoms with Gasteiger partial charge in [0.05, 0.1) is 11.4 Å². The zero-order valence-electron chi connectivity index (χ0n) is 31.0. The van der Waals surface area contributed by atoms with Crippen molar-refractivity contribution in [2.24, 2.45) is 0 Å².